The molecule has 186 valence electrons. The van der Waals surface area contributed by atoms with Crippen LogP contribution in [0.3, 0.4) is 0 Å². The van der Waals surface area contributed by atoms with Crippen molar-refractivity contribution in [1.29, 1.82) is 0 Å². The summed E-state index contributed by atoms with van der Waals surface area (Å²) in [6, 6.07) is 11.6. The van der Waals surface area contributed by atoms with E-state index in [1.54, 1.807) is 0 Å². The highest BCUT2D eigenvalue weighted by Gasteiger charge is 2.55. The Morgan fingerprint density at radius 1 is 0.971 bits per heavy atom. The van der Waals surface area contributed by atoms with Crippen LogP contribution in [0.2, 0.25) is 0 Å². The van der Waals surface area contributed by atoms with Gasteiger partial charge in [0.2, 0.25) is 5.91 Å². The van der Waals surface area contributed by atoms with Crippen molar-refractivity contribution in [1.82, 2.24) is 9.80 Å². The number of piperidine rings is 2. The molecule has 3 fully saturated rings. The molecule has 4 rings (SSSR count). The van der Waals surface area contributed by atoms with E-state index < -0.39 is 0 Å². The number of allylic oxidation sites excluding steroid dienone is 2. The number of fused-ring (bicyclic) bond motifs is 1. The smallest absolute Gasteiger partial charge is 0.222 e. The van der Waals surface area contributed by atoms with E-state index in [4.69, 9.17) is 0 Å². The lowest BCUT2D eigenvalue weighted by Crippen LogP contribution is -2.65. The van der Waals surface area contributed by atoms with Crippen LogP contribution in [0.5, 0.6) is 0 Å². The van der Waals surface area contributed by atoms with Crippen LogP contribution in [-0.2, 0) is 11.3 Å². The largest absolute Gasteiger partial charge is 0.342 e. The molecule has 2 saturated heterocycles. The first kappa shape index (κ1) is 25.2. The Bertz CT molecular complexity index is 805. The van der Waals surface area contributed by atoms with Crippen molar-refractivity contribution in [2.45, 2.75) is 89.6 Å². The Kier molecular flexibility index (Phi) is 9.05. The number of likely N-dealkylation sites (tertiary alicyclic amines) is 2. The molecular weight excluding hydrogens is 416 g/mol. The molecule has 3 aliphatic rings. The molecule has 0 N–H and O–H groups in total. The zero-order valence-electron chi connectivity index (χ0n) is 21.3. The van der Waals surface area contributed by atoms with Gasteiger partial charge in [-0.3, -0.25) is 9.69 Å². The Balaban J connectivity index is 1.35. The summed E-state index contributed by atoms with van der Waals surface area (Å²) in [6.07, 6.45) is 18.2. The number of hydrogen-bond acceptors (Lipinski definition) is 2. The lowest BCUT2D eigenvalue weighted by molar-refractivity contribution is -0.153. The summed E-state index contributed by atoms with van der Waals surface area (Å²) >= 11 is 0. The second-order valence-corrected chi connectivity index (χ2v) is 11.3. The fourth-order valence-electron chi connectivity index (χ4n) is 7.25. The van der Waals surface area contributed by atoms with Crippen molar-refractivity contribution >= 4 is 5.91 Å². The first-order chi connectivity index (χ1) is 16.6. The Morgan fingerprint density at radius 2 is 1.74 bits per heavy atom. The summed E-state index contributed by atoms with van der Waals surface area (Å²) in [7, 11) is 0. The number of unbranched alkanes of at least 4 members (excludes halogenated alkanes) is 6. The highest BCUT2D eigenvalue weighted by atomic mass is 16.2. The molecular formula is C31H46N2O. The maximum absolute atomic E-state index is 13.3. The van der Waals surface area contributed by atoms with Crippen molar-refractivity contribution in [3.05, 3.63) is 61.2 Å². The van der Waals surface area contributed by atoms with Crippen LogP contribution in [0.1, 0.15) is 82.6 Å². The maximum Gasteiger partial charge on any atom is 0.222 e. The molecule has 3 nitrogen and oxygen atoms in total. The van der Waals surface area contributed by atoms with Crippen LogP contribution in [0, 0.1) is 17.3 Å². The number of nitrogens with zero attached hydrogens (tertiary/aromatic N) is 2. The maximum atomic E-state index is 13.3. The molecule has 1 amide bonds. The third-order valence-corrected chi connectivity index (χ3v) is 8.93. The summed E-state index contributed by atoms with van der Waals surface area (Å²) in [5.74, 6) is 1.82. The van der Waals surface area contributed by atoms with Gasteiger partial charge in [0.1, 0.15) is 0 Å². The summed E-state index contributed by atoms with van der Waals surface area (Å²) in [4.78, 5) is 18.3. The summed E-state index contributed by atoms with van der Waals surface area (Å²) in [5.41, 5.74) is 1.59. The van der Waals surface area contributed by atoms with Gasteiger partial charge in [0.15, 0.2) is 0 Å². The van der Waals surface area contributed by atoms with Crippen molar-refractivity contribution in [2.24, 2.45) is 17.3 Å². The Hall–Kier alpha value is -1.87. The molecule has 0 unspecified atom stereocenters. The average molecular weight is 463 g/mol. The predicted molar refractivity (Wildman–Crippen MR) is 142 cm³/mol. The van der Waals surface area contributed by atoms with Crippen LogP contribution in [0.4, 0.5) is 0 Å². The van der Waals surface area contributed by atoms with E-state index in [1.807, 2.05) is 6.08 Å². The zero-order valence-corrected chi connectivity index (χ0v) is 21.3. The first-order valence-electron chi connectivity index (χ1n) is 13.9. The van der Waals surface area contributed by atoms with Crippen molar-refractivity contribution < 1.29 is 4.79 Å². The molecule has 1 saturated carbocycles. The van der Waals surface area contributed by atoms with E-state index in [2.05, 4.69) is 59.4 Å². The second-order valence-electron chi connectivity index (χ2n) is 11.3. The standard InChI is InChI=1S/C31H46N2O/c1-3-5-6-7-8-9-10-14-17-30(34)33-23-27-18-19-28-21-29(27)31(25-33,20-4-2)24-32(28)22-26-15-12-11-13-16-26/h3-4,11-13,15-16,27-29H,1-2,5-10,14,17-25H2/t27-,28-,29-,31+/m1/s1. The summed E-state index contributed by atoms with van der Waals surface area (Å²) in [5, 5.41) is 0. The molecule has 0 aromatic heterocycles. The van der Waals surface area contributed by atoms with E-state index in [0.29, 0.717) is 17.9 Å². The van der Waals surface area contributed by atoms with Gasteiger partial charge < -0.3 is 4.90 Å². The van der Waals surface area contributed by atoms with Crippen LogP contribution in [0.15, 0.2) is 55.6 Å². The lowest BCUT2D eigenvalue weighted by atomic mass is 9.56. The monoisotopic (exact) mass is 462 g/mol. The highest BCUT2D eigenvalue weighted by molar-refractivity contribution is 5.76. The number of hydrogen-bond donors (Lipinski definition) is 0. The van der Waals surface area contributed by atoms with Gasteiger partial charge in [-0.15, -0.1) is 13.2 Å². The molecule has 3 heteroatoms. The molecule has 2 heterocycles. The van der Waals surface area contributed by atoms with Gasteiger partial charge in [0, 0.05) is 44.1 Å². The molecule has 1 aromatic rings. The topological polar surface area (TPSA) is 23.6 Å². The van der Waals surface area contributed by atoms with Gasteiger partial charge in [-0.2, -0.15) is 0 Å². The van der Waals surface area contributed by atoms with Gasteiger partial charge in [-0.25, -0.2) is 0 Å². The van der Waals surface area contributed by atoms with Gasteiger partial charge >= 0.3 is 0 Å². The van der Waals surface area contributed by atoms with E-state index in [-0.39, 0.29) is 5.41 Å². The van der Waals surface area contributed by atoms with Crippen LogP contribution >= 0.6 is 0 Å². The van der Waals surface area contributed by atoms with Crippen LogP contribution < -0.4 is 0 Å². The van der Waals surface area contributed by atoms with E-state index in [9.17, 15) is 4.79 Å². The molecule has 1 aromatic carbocycles. The zero-order chi connectivity index (χ0) is 23.8. The molecule has 1 aliphatic carbocycles. The number of rotatable bonds is 13. The van der Waals surface area contributed by atoms with Crippen molar-refractivity contribution in [3.8, 4) is 0 Å². The SMILES string of the molecule is C=CCCCCCCCCC(=O)N1C[C@H]2CC[C@@H]3C[C@H]2[C@](CC=C)(C1)CN3Cc1ccccc1. The molecule has 0 radical (unpaired) electrons. The van der Waals surface area contributed by atoms with Crippen molar-refractivity contribution in [3.63, 3.8) is 0 Å². The van der Waals surface area contributed by atoms with E-state index >= 15 is 0 Å². The number of carbonyl (C=O) groups is 1. The lowest BCUT2D eigenvalue weighted by Gasteiger charge is -2.61. The normalized spacial score (nSPS) is 28.5. The fraction of sp³-hybridized carbons (Fsp3) is 0.645. The Morgan fingerprint density at radius 3 is 2.50 bits per heavy atom. The summed E-state index contributed by atoms with van der Waals surface area (Å²) in [6.45, 7) is 12.0. The second kappa shape index (κ2) is 12.2. The average Bonchev–Trinajstić information content (AvgIpc) is 2.86. The summed E-state index contributed by atoms with van der Waals surface area (Å²) < 4.78 is 0. The molecule has 2 bridgehead atoms. The molecule has 0 spiro atoms. The molecule has 34 heavy (non-hydrogen) atoms. The fourth-order valence-corrected chi connectivity index (χ4v) is 7.25. The van der Waals surface area contributed by atoms with Gasteiger partial charge in [0.05, 0.1) is 0 Å². The highest BCUT2D eigenvalue weighted by Crippen LogP contribution is 2.53. The number of carbonyl (C=O) groups excluding carboxylic acids is 1. The minimum Gasteiger partial charge on any atom is -0.342 e. The van der Waals surface area contributed by atoms with Gasteiger partial charge in [0.25, 0.3) is 0 Å². The molecule has 2 aliphatic heterocycles. The number of benzene rings is 1. The predicted octanol–water partition coefficient (Wildman–Crippen LogP) is 7.00. The van der Waals surface area contributed by atoms with Gasteiger partial charge in [-0.1, -0.05) is 68.2 Å². The van der Waals surface area contributed by atoms with Crippen LogP contribution in [0.25, 0.3) is 0 Å². The van der Waals surface area contributed by atoms with Gasteiger partial charge in [-0.05, 0) is 62.3 Å². The molecule has 4 atom stereocenters. The minimum atomic E-state index is 0.178. The van der Waals surface area contributed by atoms with Crippen LogP contribution in [-0.4, -0.2) is 41.4 Å². The quantitative estimate of drug-likeness (QED) is 0.233. The van der Waals surface area contributed by atoms with Crippen molar-refractivity contribution in [2.75, 3.05) is 19.6 Å². The van der Waals surface area contributed by atoms with E-state index in [0.717, 1.165) is 57.8 Å². The third-order valence-electron chi connectivity index (χ3n) is 8.93. The number of amides is 1. The van der Waals surface area contributed by atoms with E-state index in [1.165, 1.54) is 56.9 Å². The Labute approximate surface area is 208 Å². The first-order valence-corrected chi connectivity index (χ1v) is 13.9. The third kappa shape index (κ3) is 6.03. The minimum absolute atomic E-state index is 0.178.